The second-order valence-electron chi connectivity index (χ2n) is 5.22. The summed E-state index contributed by atoms with van der Waals surface area (Å²) in [5, 5.41) is 0. The first-order chi connectivity index (χ1) is 9.79. The van der Waals surface area contributed by atoms with E-state index in [1.165, 1.54) is 22.3 Å². The zero-order valence-electron chi connectivity index (χ0n) is 11.3. The number of hydrazine groups is 1. The van der Waals surface area contributed by atoms with Gasteiger partial charge in [0.05, 0.1) is 0 Å². The molecule has 0 unspecified atom stereocenters. The molecule has 1 aliphatic rings. The van der Waals surface area contributed by atoms with Gasteiger partial charge in [0.1, 0.15) is 0 Å². The Morgan fingerprint density at radius 3 is 2.00 bits per heavy atom. The number of hydrogen-bond acceptors (Lipinski definition) is 2. The highest BCUT2D eigenvalue weighted by molar-refractivity contribution is 5.77. The Morgan fingerprint density at radius 1 is 1.00 bits per heavy atom. The predicted octanol–water partition coefficient (Wildman–Crippen LogP) is 2.30. The van der Waals surface area contributed by atoms with E-state index in [0.717, 1.165) is 12.8 Å². The molecule has 1 aliphatic carbocycles. The Kier molecular flexibility index (Phi) is 3.52. The van der Waals surface area contributed by atoms with Crippen molar-refractivity contribution in [3.63, 3.8) is 0 Å². The number of benzene rings is 2. The lowest BCUT2D eigenvalue weighted by Gasteiger charge is -2.19. The van der Waals surface area contributed by atoms with Crippen molar-refractivity contribution in [3.05, 3.63) is 70.8 Å². The number of aryl methyl sites for hydroxylation is 2. The van der Waals surface area contributed by atoms with Crippen molar-refractivity contribution < 1.29 is 4.79 Å². The molecule has 0 atom stereocenters. The molecule has 3 N–H and O–H groups in total. The molecule has 2 aromatic rings. The third kappa shape index (κ3) is 2.32. The predicted molar refractivity (Wildman–Crippen MR) is 79.1 cm³/mol. The van der Waals surface area contributed by atoms with Gasteiger partial charge in [-0.3, -0.25) is 10.2 Å². The Labute approximate surface area is 118 Å². The molecule has 0 aromatic heterocycles. The highest BCUT2D eigenvalue weighted by Crippen LogP contribution is 2.36. The van der Waals surface area contributed by atoms with Gasteiger partial charge in [-0.25, -0.2) is 5.84 Å². The standard InChI is InChI=1S/C17H18N2O/c18-19-17(20)11-16-14-7-3-1-5-12(14)9-10-13-6-2-4-8-15(13)16/h1-8,16H,9-11,18H2,(H,19,20). The fourth-order valence-electron chi connectivity index (χ4n) is 3.10. The molecule has 0 saturated carbocycles. The maximum Gasteiger partial charge on any atom is 0.234 e. The first-order valence-corrected chi connectivity index (χ1v) is 6.94. The summed E-state index contributed by atoms with van der Waals surface area (Å²) in [7, 11) is 0. The largest absolute Gasteiger partial charge is 0.294 e. The fraction of sp³-hybridized carbons (Fsp3) is 0.235. The molecular formula is C17H18N2O. The van der Waals surface area contributed by atoms with E-state index in [0.29, 0.717) is 6.42 Å². The normalized spacial score (nSPS) is 14.1. The summed E-state index contributed by atoms with van der Waals surface area (Å²) in [5.74, 6) is 5.24. The summed E-state index contributed by atoms with van der Waals surface area (Å²) in [6.45, 7) is 0. The van der Waals surface area contributed by atoms with E-state index in [2.05, 4.69) is 41.8 Å². The Morgan fingerprint density at radius 2 is 1.50 bits per heavy atom. The number of fused-ring (bicyclic) bond motifs is 2. The molecule has 3 rings (SSSR count). The van der Waals surface area contributed by atoms with Crippen LogP contribution in [0, 0.1) is 0 Å². The lowest BCUT2D eigenvalue weighted by Crippen LogP contribution is -2.31. The number of rotatable bonds is 2. The van der Waals surface area contributed by atoms with E-state index in [1.807, 2.05) is 12.1 Å². The molecular weight excluding hydrogens is 248 g/mol. The molecule has 102 valence electrons. The van der Waals surface area contributed by atoms with Crippen molar-refractivity contribution in [2.75, 3.05) is 0 Å². The zero-order chi connectivity index (χ0) is 13.9. The van der Waals surface area contributed by atoms with Crippen LogP contribution >= 0.6 is 0 Å². The molecule has 3 nitrogen and oxygen atoms in total. The molecule has 3 heteroatoms. The molecule has 0 heterocycles. The van der Waals surface area contributed by atoms with Crippen molar-refractivity contribution in [1.29, 1.82) is 0 Å². The minimum Gasteiger partial charge on any atom is -0.294 e. The average molecular weight is 266 g/mol. The first-order valence-electron chi connectivity index (χ1n) is 6.94. The summed E-state index contributed by atoms with van der Waals surface area (Å²) in [4.78, 5) is 11.8. The number of hydrogen-bond donors (Lipinski definition) is 2. The average Bonchev–Trinajstić information content (AvgIpc) is 2.65. The first kappa shape index (κ1) is 12.9. The summed E-state index contributed by atoms with van der Waals surface area (Å²) < 4.78 is 0. The summed E-state index contributed by atoms with van der Waals surface area (Å²) in [6.07, 6.45) is 2.44. The van der Waals surface area contributed by atoms with Crippen LogP contribution < -0.4 is 11.3 Å². The molecule has 0 saturated heterocycles. The Balaban J connectivity index is 2.11. The highest BCUT2D eigenvalue weighted by Gasteiger charge is 2.24. The van der Waals surface area contributed by atoms with Crippen LogP contribution in [0.4, 0.5) is 0 Å². The van der Waals surface area contributed by atoms with Crippen LogP contribution in [-0.2, 0) is 17.6 Å². The lowest BCUT2D eigenvalue weighted by atomic mass is 9.85. The van der Waals surface area contributed by atoms with Gasteiger partial charge in [0.15, 0.2) is 0 Å². The van der Waals surface area contributed by atoms with Gasteiger partial charge in [-0.05, 0) is 35.1 Å². The van der Waals surface area contributed by atoms with Crippen molar-refractivity contribution in [2.45, 2.75) is 25.2 Å². The van der Waals surface area contributed by atoms with Crippen molar-refractivity contribution >= 4 is 5.91 Å². The van der Waals surface area contributed by atoms with Gasteiger partial charge in [-0.2, -0.15) is 0 Å². The van der Waals surface area contributed by atoms with Crippen LogP contribution in [0.3, 0.4) is 0 Å². The molecule has 0 fully saturated rings. The number of amides is 1. The Hall–Kier alpha value is -2.13. The van der Waals surface area contributed by atoms with Gasteiger partial charge in [0.25, 0.3) is 0 Å². The number of carbonyl (C=O) groups excluding carboxylic acids is 1. The van der Waals surface area contributed by atoms with E-state index >= 15 is 0 Å². The quantitative estimate of drug-likeness (QED) is 0.498. The summed E-state index contributed by atoms with van der Waals surface area (Å²) in [5.41, 5.74) is 7.42. The molecule has 0 bridgehead atoms. The topological polar surface area (TPSA) is 55.1 Å². The van der Waals surface area contributed by atoms with E-state index in [4.69, 9.17) is 5.84 Å². The second kappa shape index (κ2) is 5.47. The van der Waals surface area contributed by atoms with E-state index < -0.39 is 0 Å². The summed E-state index contributed by atoms with van der Waals surface area (Å²) in [6, 6.07) is 16.8. The fourth-order valence-corrected chi connectivity index (χ4v) is 3.10. The molecule has 0 aliphatic heterocycles. The Bertz CT molecular complexity index is 589. The minimum absolute atomic E-state index is 0.0912. The number of nitrogens with one attached hydrogen (secondary N) is 1. The highest BCUT2D eigenvalue weighted by atomic mass is 16.2. The second-order valence-corrected chi connectivity index (χ2v) is 5.22. The molecule has 2 aromatic carbocycles. The minimum atomic E-state index is -0.124. The van der Waals surface area contributed by atoms with Crippen LogP contribution in [-0.4, -0.2) is 5.91 Å². The van der Waals surface area contributed by atoms with E-state index in [1.54, 1.807) is 0 Å². The third-order valence-corrected chi connectivity index (χ3v) is 4.08. The van der Waals surface area contributed by atoms with Gasteiger partial charge in [-0.15, -0.1) is 0 Å². The van der Waals surface area contributed by atoms with Crippen LogP contribution in [0.2, 0.25) is 0 Å². The van der Waals surface area contributed by atoms with Gasteiger partial charge in [0, 0.05) is 12.3 Å². The van der Waals surface area contributed by atoms with Crippen LogP contribution in [0.5, 0.6) is 0 Å². The van der Waals surface area contributed by atoms with E-state index in [-0.39, 0.29) is 11.8 Å². The molecule has 0 radical (unpaired) electrons. The maximum absolute atomic E-state index is 11.8. The van der Waals surface area contributed by atoms with Crippen LogP contribution in [0.15, 0.2) is 48.5 Å². The van der Waals surface area contributed by atoms with Crippen LogP contribution in [0.25, 0.3) is 0 Å². The zero-order valence-corrected chi connectivity index (χ0v) is 11.3. The number of nitrogens with two attached hydrogens (primary N) is 1. The van der Waals surface area contributed by atoms with Crippen LogP contribution in [0.1, 0.15) is 34.6 Å². The van der Waals surface area contributed by atoms with Crippen molar-refractivity contribution in [2.24, 2.45) is 5.84 Å². The lowest BCUT2D eigenvalue weighted by molar-refractivity contribution is -0.121. The smallest absolute Gasteiger partial charge is 0.234 e. The number of carbonyl (C=O) groups is 1. The molecule has 0 spiro atoms. The third-order valence-electron chi connectivity index (χ3n) is 4.08. The maximum atomic E-state index is 11.8. The van der Waals surface area contributed by atoms with Gasteiger partial charge in [-0.1, -0.05) is 48.5 Å². The monoisotopic (exact) mass is 266 g/mol. The van der Waals surface area contributed by atoms with Gasteiger partial charge >= 0.3 is 0 Å². The van der Waals surface area contributed by atoms with Gasteiger partial charge in [0.2, 0.25) is 5.91 Å². The summed E-state index contributed by atoms with van der Waals surface area (Å²) >= 11 is 0. The van der Waals surface area contributed by atoms with Crippen molar-refractivity contribution in [1.82, 2.24) is 5.43 Å². The van der Waals surface area contributed by atoms with Crippen molar-refractivity contribution in [3.8, 4) is 0 Å². The SMILES string of the molecule is NNC(=O)CC1c2ccccc2CCc2ccccc21. The molecule has 20 heavy (non-hydrogen) atoms. The van der Waals surface area contributed by atoms with Gasteiger partial charge < -0.3 is 0 Å². The van der Waals surface area contributed by atoms with E-state index in [9.17, 15) is 4.79 Å². The molecule has 1 amide bonds.